The molecule has 4 nitrogen and oxygen atoms in total. The van der Waals surface area contributed by atoms with Crippen LogP contribution in [0.2, 0.25) is 0 Å². The number of carbonyl (C=O) groups excluding carboxylic acids is 1. The number of hydrogen-bond donors (Lipinski definition) is 3. The highest BCUT2D eigenvalue weighted by Gasteiger charge is 2.22. The Morgan fingerprint density at radius 1 is 1.40 bits per heavy atom. The van der Waals surface area contributed by atoms with E-state index in [0.29, 0.717) is 23.4 Å². The molecular weight excluding hydrogens is 279 g/mol. The summed E-state index contributed by atoms with van der Waals surface area (Å²) in [6.45, 7) is 3.89. The largest absolute Gasteiger partial charge is 0.388 e. The van der Waals surface area contributed by atoms with Gasteiger partial charge in [-0.15, -0.1) is 11.8 Å². The van der Waals surface area contributed by atoms with E-state index >= 15 is 0 Å². The zero-order valence-electron chi connectivity index (χ0n) is 12.0. The molecular formula is C14H21FN2O2S. The SMILES string of the molecule is CCC(O)(CC)CNC(=O)Nc1ccc(SC)c(F)c1. The summed E-state index contributed by atoms with van der Waals surface area (Å²) in [4.78, 5) is 12.2. The first-order valence-corrected chi connectivity index (χ1v) is 7.77. The Morgan fingerprint density at radius 3 is 2.55 bits per heavy atom. The fourth-order valence-electron chi connectivity index (χ4n) is 1.66. The summed E-state index contributed by atoms with van der Waals surface area (Å²) in [5.41, 5.74) is -0.514. The van der Waals surface area contributed by atoms with Gasteiger partial charge in [0.1, 0.15) is 5.82 Å². The molecule has 0 aliphatic heterocycles. The predicted molar refractivity (Wildman–Crippen MR) is 80.7 cm³/mol. The molecule has 1 aromatic rings. The molecule has 6 heteroatoms. The number of amides is 2. The van der Waals surface area contributed by atoms with Crippen molar-refractivity contribution >= 4 is 23.5 Å². The van der Waals surface area contributed by atoms with Crippen LogP contribution in [-0.2, 0) is 0 Å². The Morgan fingerprint density at radius 2 is 2.05 bits per heavy atom. The van der Waals surface area contributed by atoms with Gasteiger partial charge in [-0.2, -0.15) is 0 Å². The lowest BCUT2D eigenvalue weighted by Crippen LogP contribution is -2.43. The molecule has 0 saturated heterocycles. The number of rotatable bonds is 6. The highest BCUT2D eigenvalue weighted by molar-refractivity contribution is 7.98. The molecule has 0 aliphatic carbocycles. The number of halogens is 1. The fourth-order valence-corrected chi connectivity index (χ4v) is 2.12. The Kier molecular flexibility index (Phi) is 6.29. The number of benzene rings is 1. The first kappa shape index (κ1) is 16.8. The maximum absolute atomic E-state index is 13.6. The monoisotopic (exact) mass is 300 g/mol. The zero-order chi connectivity index (χ0) is 15.2. The van der Waals surface area contributed by atoms with E-state index in [0.717, 1.165) is 0 Å². The van der Waals surface area contributed by atoms with E-state index < -0.39 is 11.6 Å². The maximum Gasteiger partial charge on any atom is 0.319 e. The number of aliphatic hydroxyl groups is 1. The molecule has 0 bridgehead atoms. The third-order valence-corrected chi connectivity index (χ3v) is 4.07. The second-order valence-electron chi connectivity index (χ2n) is 4.59. The van der Waals surface area contributed by atoms with Gasteiger partial charge in [-0.05, 0) is 37.3 Å². The Labute approximate surface area is 123 Å². The normalized spacial score (nSPS) is 11.2. The first-order chi connectivity index (χ1) is 9.44. The van der Waals surface area contributed by atoms with E-state index in [-0.39, 0.29) is 12.4 Å². The van der Waals surface area contributed by atoms with Crippen molar-refractivity contribution in [1.82, 2.24) is 5.32 Å². The summed E-state index contributed by atoms with van der Waals surface area (Å²) >= 11 is 1.31. The van der Waals surface area contributed by atoms with Gasteiger partial charge in [-0.25, -0.2) is 9.18 Å². The summed E-state index contributed by atoms with van der Waals surface area (Å²) in [7, 11) is 0. The minimum atomic E-state index is -0.898. The molecule has 0 aromatic heterocycles. The molecule has 0 unspecified atom stereocenters. The second kappa shape index (κ2) is 7.50. The van der Waals surface area contributed by atoms with E-state index in [9.17, 15) is 14.3 Å². The van der Waals surface area contributed by atoms with Crippen LogP contribution in [0.25, 0.3) is 0 Å². The van der Waals surface area contributed by atoms with Crippen molar-refractivity contribution in [2.45, 2.75) is 37.2 Å². The molecule has 0 heterocycles. The van der Waals surface area contributed by atoms with Gasteiger partial charge in [0, 0.05) is 17.1 Å². The number of anilines is 1. The molecule has 2 amide bonds. The molecule has 0 spiro atoms. The number of carbonyl (C=O) groups is 1. The van der Waals surface area contributed by atoms with Crippen molar-refractivity contribution in [3.63, 3.8) is 0 Å². The smallest absolute Gasteiger partial charge is 0.319 e. The Bertz CT molecular complexity index is 464. The molecule has 112 valence electrons. The van der Waals surface area contributed by atoms with Crippen LogP contribution in [0.1, 0.15) is 26.7 Å². The van der Waals surface area contributed by atoms with E-state index in [1.54, 1.807) is 18.4 Å². The van der Waals surface area contributed by atoms with Crippen molar-refractivity contribution in [3.05, 3.63) is 24.0 Å². The summed E-state index contributed by atoms with van der Waals surface area (Å²) < 4.78 is 13.6. The van der Waals surface area contributed by atoms with E-state index in [4.69, 9.17) is 0 Å². The molecule has 20 heavy (non-hydrogen) atoms. The molecule has 1 aromatic carbocycles. The van der Waals surface area contributed by atoms with Crippen LogP contribution in [0.3, 0.4) is 0 Å². The predicted octanol–water partition coefficient (Wildman–Crippen LogP) is 3.22. The summed E-state index contributed by atoms with van der Waals surface area (Å²) in [6.07, 6.45) is 2.90. The van der Waals surface area contributed by atoms with Crippen LogP contribution in [0.15, 0.2) is 23.1 Å². The molecule has 3 N–H and O–H groups in total. The van der Waals surface area contributed by atoms with Crippen molar-refractivity contribution in [3.8, 4) is 0 Å². The maximum atomic E-state index is 13.6. The van der Waals surface area contributed by atoms with Crippen molar-refractivity contribution in [1.29, 1.82) is 0 Å². The lowest BCUT2D eigenvalue weighted by atomic mass is 9.98. The zero-order valence-corrected chi connectivity index (χ0v) is 12.8. The molecule has 0 atom stereocenters. The van der Waals surface area contributed by atoms with Crippen LogP contribution in [0, 0.1) is 5.82 Å². The molecule has 0 fully saturated rings. The van der Waals surface area contributed by atoms with Gasteiger partial charge in [0.05, 0.1) is 5.60 Å². The minimum Gasteiger partial charge on any atom is -0.388 e. The third kappa shape index (κ3) is 4.68. The van der Waals surface area contributed by atoms with Gasteiger partial charge in [0.25, 0.3) is 0 Å². The summed E-state index contributed by atoms with van der Waals surface area (Å²) in [6, 6.07) is 4.07. The standard InChI is InChI=1S/C14H21FN2O2S/c1-4-14(19,5-2)9-16-13(18)17-10-6-7-12(20-3)11(15)8-10/h6-8,19H,4-5,9H2,1-3H3,(H2,16,17,18). The number of urea groups is 1. The average Bonchev–Trinajstić information content (AvgIpc) is 2.45. The van der Waals surface area contributed by atoms with Gasteiger partial charge in [0.2, 0.25) is 0 Å². The van der Waals surface area contributed by atoms with E-state index in [1.165, 1.54) is 17.8 Å². The highest BCUT2D eigenvalue weighted by Crippen LogP contribution is 2.22. The molecule has 0 saturated carbocycles. The average molecular weight is 300 g/mol. The quantitative estimate of drug-likeness (QED) is 0.707. The van der Waals surface area contributed by atoms with Crippen molar-refractivity contribution in [2.24, 2.45) is 0 Å². The lowest BCUT2D eigenvalue weighted by molar-refractivity contribution is 0.0354. The van der Waals surface area contributed by atoms with Gasteiger partial charge in [-0.3, -0.25) is 0 Å². The van der Waals surface area contributed by atoms with Gasteiger partial charge in [0.15, 0.2) is 0 Å². The fraction of sp³-hybridized carbons (Fsp3) is 0.500. The minimum absolute atomic E-state index is 0.164. The Balaban J connectivity index is 2.56. The first-order valence-electron chi connectivity index (χ1n) is 6.55. The van der Waals surface area contributed by atoms with Crippen LogP contribution in [0.4, 0.5) is 14.9 Å². The van der Waals surface area contributed by atoms with Crippen molar-refractivity contribution < 1.29 is 14.3 Å². The van der Waals surface area contributed by atoms with E-state index in [1.807, 2.05) is 13.8 Å². The lowest BCUT2D eigenvalue weighted by Gasteiger charge is -2.25. The van der Waals surface area contributed by atoms with E-state index in [2.05, 4.69) is 10.6 Å². The number of thioether (sulfide) groups is 1. The summed E-state index contributed by atoms with van der Waals surface area (Å²) in [5.74, 6) is -0.367. The van der Waals surface area contributed by atoms with Crippen LogP contribution in [0.5, 0.6) is 0 Å². The number of nitrogens with one attached hydrogen (secondary N) is 2. The second-order valence-corrected chi connectivity index (χ2v) is 5.44. The van der Waals surface area contributed by atoms with Crippen LogP contribution >= 0.6 is 11.8 Å². The number of hydrogen-bond acceptors (Lipinski definition) is 3. The highest BCUT2D eigenvalue weighted by atomic mass is 32.2. The molecule has 1 rings (SSSR count). The topological polar surface area (TPSA) is 61.4 Å². The van der Waals surface area contributed by atoms with Crippen molar-refractivity contribution in [2.75, 3.05) is 18.1 Å². The van der Waals surface area contributed by atoms with Crippen LogP contribution < -0.4 is 10.6 Å². The van der Waals surface area contributed by atoms with Gasteiger partial charge in [-0.1, -0.05) is 13.8 Å². The van der Waals surface area contributed by atoms with Gasteiger partial charge < -0.3 is 15.7 Å². The van der Waals surface area contributed by atoms with Crippen LogP contribution in [-0.4, -0.2) is 29.5 Å². The summed E-state index contributed by atoms with van der Waals surface area (Å²) in [5, 5.41) is 15.2. The Hall–Kier alpha value is -1.27. The third-order valence-electron chi connectivity index (χ3n) is 3.30. The molecule has 0 radical (unpaired) electrons. The molecule has 0 aliphatic rings. The van der Waals surface area contributed by atoms with Gasteiger partial charge >= 0.3 is 6.03 Å².